The summed E-state index contributed by atoms with van der Waals surface area (Å²) in [6, 6.07) is 9.77. The van der Waals surface area contributed by atoms with Crippen LogP contribution in [0.4, 0.5) is 0 Å². The van der Waals surface area contributed by atoms with E-state index in [0.29, 0.717) is 32.8 Å². The van der Waals surface area contributed by atoms with Crippen LogP contribution in [0.3, 0.4) is 0 Å². The number of hydrogen-bond donors (Lipinski definition) is 0. The van der Waals surface area contributed by atoms with Crippen molar-refractivity contribution in [3.63, 3.8) is 0 Å². The van der Waals surface area contributed by atoms with E-state index in [1.54, 1.807) is 18.2 Å². The molecule has 198 valence electrons. The minimum atomic E-state index is -0.668. The zero-order chi connectivity index (χ0) is 25.6. The van der Waals surface area contributed by atoms with Crippen LogP contribution in [0.15, 0.2) is 68.3 Å². The summed E-state index contributed by atoms with van der Waals surface area (Å²) < 4.78 is 41.9. The van der Waals surface area contributed by atoms with Crippen molar-refractivity contribution in [2.45, 2.75) is 62.7 Å². The molecule has 3 rings (SSSR count). The number of ether oxygens (including phenoxy) is 7. The lowest BCUT2D eigenvalue weighted by Gasteiger charge is -2.48. The van der Waals surface area contributed by atoms with Gasteiger partial charge in [0, 0.05) is 18.6 Å². The molecule has 2 heterocycles. The number of carbonyl (C=O) groups excluding carboxylic acids is 1. The first-order valence-electron chi connectivity index (χ1n) is 12.5. The Morgan fingerprint density at radius 2 is 1.61 bits per heavy atom. The molecule has 0 aliphatic carbocycles. The third kappa shape index (κ3) is 8.37. The lowest BCUT2D eigenvalue weighted by atomic mass is 9.97. The maximum Gasteiger partial charge on any atom is 0.306 e. The van der Waals surface area contributed by atoms with Gasteiger partial charge in [0.15, 0.2) is 12.6 Å². The molecule has 1 aromatic rings. The van der Waals surface area contributed by atoms with Gasteiger partial charge < -0.3 is 33.2 Å². The quantitative estimate of drug-likeness (QED) is 0.188. The average Bonchev–Trinajstić information content (AvgIpc) is 2.91. The van der Waals surface area contributed by atoms with Gasteiger partial charge in [-0.2, -0.15) is 0 Å². The van der Waals surface area contributed by atoms with Crippen LogP contribution in [0.25, 0.3) is 0 Å². The molecule has 2 aliphatic rings. The number of esters is 1. The van der Waals surface area contributed by atoms with Gasteiger partial charge in [-0.1, -0.05) is 61.6 Å². The van der Waals surface area contributed by atoms with Crippen LogP contribution in [-0.2, 0) is 38.0 Å². The van der Waals surface area contributed by atoms with E-state index < -0.39 is 30.9 Å². The van der Waals surface area contributed by atoms with Crippen molar-refractivity contribution in [1.82, 2.24) is 0 Å². The fourth-order valence-electron chi connectivity index (χ4n) is 4.16. The standard InChI is InChI=1S/C28H38O8/c1-4-16-30-23(29)15-11-8-12-19-33-28-26(32-18-6-3)25(31-17-5-2)24-22(35-28)20-34-27(36-24)21-13-9-7-10-14-21/h4-7,9-10,13-14,22,24-28H,1-3,8,11-12,15-20H2/t22-,24+,25+,26-,27?,28-/m1/s1. The van der Waals surface area contributed by atoms with Gasteiger partial charge >= 0.3 is 5.97 Å². The summed E-state index contributed by atoms with van der Waals surface area (Å²) in [7, 11) is 0. The molecule has 0 N–H and O–H groups in total. The van der Waals surface area contributed by atoms with Crippen molar-refractivity contribution < 1.29 is 38.0 Å². The Morgan fingerprint density at radius 1 is 0.889 bits per heavy atom. The largest absolute Gasteiger partial charge is 0.461 e. The highest BCUT2D eigenvalue weighted by Crippen LogP contribution is 2.36. The summed E-state index contributed by atoms with van der Waals surface area (Å²) in [6.07, 6.45) is 4.62. The Bertz CT molecular complexity index is 813. The highest BCUT2D eigenvalue weighted by Gasteiger charge is 2.51. The van der Waals surface area contributed by atoms with Crippen molar-refractivity contribution in [2.75, 3.05) is 33.0 Å². The smallest absolute Gasteiger partial charge is 0.306 e. The molecule has 8 heteroatoms. The van der Waals surface area contributed by atoms with Crippen LogP contribution in [0, 0.1) is 0 Å². The van der Waals surface area contributed by atoms with Gasteiger partial charge in [0.1, 0.15) is 31.0 Å². The fourth-order valence-corrected chi connectivity index (χ4v) is 4.16. The van der Waals surface area contributed by atoms with E-state index in [9.17, 15) is 4.79 Å². The summed E-state index contributed by atoms with van der Waals surface area (Å²) in [4.78, 5) is 11.6. The zero-order valence-electron chi connectivity index (χ0n) is 20.8. The Hall–Kier alpha value is -2.33. The molecule has 0 radical (unpaired) electrons. The number of rotatable bonds is 16. The maximum absolute atomic E-state index is 11.6. The Kier molecular flexibility index (Phi) is 12.3. The van der Waals surface area contributed by atoms with E-state index in [2.05, 4.69) is 19.7 Å². The zero-order valence-corrected chi connectivity index (χ0v) is 20.8. The fraction of sp³-hybridized carbons (Fsp3) is 0.536. The lowest BCUT2D eigenvalue weighted by molar-refractivity contribution is -0.368. The number of fused-ring (bicyclic) bond motifs is 1. The second-order valence-electron chi connectivity index (χ2n) is 8.55. The third-order valence-corrected chi connectivity index (χ3v) is 5.84. The maximum atomic E-state index is 11.6. The minimum absolute atomic E-state index is 0.219. The van der Waals surface area contributed by atoms with E-state index in [4.69, 9.17) is 33.2 Å². The van der Waals surface area contributed by atoms with Crippen molar-refractivity contribution in [3.05, 3.63) is 73.9 Å². The van der Waals surface area contributed by atoms with Gasteiger partial charge in [-0.05, 0) is 12.8 Å². The van der Waals surface area contributed by atoms with E-state index in [0.717, 1.165) is 24.8 Å². The predicted octanol–water partition coefficient (Wildman–Crippen LogP) is 4.27. The molecule has 0 spiro atoms. The van der Waals surface area contributed by atoms with Crippen LogP contribution in [0.2, 0.25) is 0 Å². The topological polar surface area (TPSA) is 81.7 Å². The van der Waals surface area contributed by atoms with Crippen LogP contribution in [0.1, 0.15) is 37.5 Å². The Labute approximate surface area is 213 Å². The number of unbranched alkanes of at least 4 members (excludes halogenated alkanes) is 2. The van der Waals surface area contributed by atoms with Gasteiger partial charge in [0.25, 0.3) is 0 Å². The minimum Gasteiger partial charge on any atom is -0.461 e. The molecule has 0 amide bonds. The molecule has 0 bridgehead atoms. The van der Waals surface area contributed by atoms with Crippen molar-refractivity contribution in [3.8, 4) is 0 Å². The second-order valence-corrected chi connectivity index (χ2v) is 8.55. The van der Waals surface area contributed by atoms with Gasteiger partial charge in [0.2, 0.25) is 0 Å². The van der Waals surface area contributed by atoms with E-state index >= 15 is 0 Å². The first kappa shape index (κ1) is 28.2. The molecule has 1 unspecified atom stereocenters. The highest BCUT2D eigenvalue weighted by molar-refractivity contribution is 5.69. The van der Waals surface area contributed by atoms with E-state index in [1.807, 2.05) is 30.3 Å². The summed E-state index contributed by atoms with van der Waals surface area (Å²) in [6.45, 7) is 12.7. The number of hydrogen-bond acceptors (Lipinski definition) is 8. The Balaban J connectivity index is 1.59. The first-order chi connectivity index (χ1) is 17.7. The molecule has 2 aliphatic heterocycles. The highest BCUT2D eigenvalue weighted by atomic mass is 16.8. The van der Waals surface area contributed by atoms with Gasteiger partial charge in [0.05, 0.1) is 19.8 Å². The SMILES string of the molecule is C=CCOC(=O)CCCCCO[C@@H]1O[C@@H]2COC(c3ccccc3)O[C@@H]2[C@H](OCC=C)[C@H]1OCC=C. The second kappa shape index (κ2) is 15.7. The molecular weight excluding hydrogens is 464 g/mol. The molecule has 0 aromatic heterocycles. The van der Waals surface area contributed by atoms with E-state index in [-0.39, 0.29) is 18.7 Å². The van der Waals surface area contributed by atoms with Crippen LogP contribution >= 0.6 is 0 Å². The van der Waals surface area contributed by atoms with Gasteiger partial charge in [-0.15, -0.1) is 13.2 Å². The molecule has 6 atom stereocenters. The van der Waals surface area contributed by atoms with Crippen molar-refractivity contribution in [1.29, 1.82) is 0 Å². The molecule has 1 aromatic carbocycles. The van der Waals surface area contributed by atoms with Gasteiger partial charge in [-0.25, -0.2) is 0 Å². The normalized spacial score (nSPS) is 27.6. The summed E-state index contributed by atoms with van der Waals surface area (Å²) >= 11 is 0. The summed E-state index contributed by atoms with van der Waals surface area (Å²) in [5.74, 6) is -0.219. The van der Waals surface area contributed by atoms with Crippen LogP contribution in [-0.4, -0.2) is 69.7 Å². The average molecular weight is 503 g/mol. The van der Waals surface area contributed by atoms with Crippen molar-refractivity contribution >= 4 is 5.97 Å². The molecule has 2 saturated heterocycles. The molecule has 2 fully saturated rings. The Morgan fingerprint density at radius 3 is 2.33 bits per heavy atom. The van der Waals surface area contributed by atoms with Gasteiger partial charge in [-0.3, -0.25) is 4.79 Å². The molecule has 0 saturated carbocycles. The summed E-state index contributed by atoms with van der Waals surface area (Å²) in [5, 5.41) is 0. The molecular formula is C28H38O8. The van der Waals surface area contributed by atoms with Crippen LogP contribution in [0.5, 0.6) is 0 Å². The van der Waals surface area contributed by atoms with Crippen molar-refractivity contribution in [2.24, 2.45) is 0 Å². The number of carbonyl (C=O) groups is 1. The lowest BCUT2D eigenvalue weighted by Crippen LogP contribution is -2.63. The number of benzene rings is 1. The monoisotopic (exact) mass is 502 g/mol. The van der Waals surface area contributed by atoms with Crippen LogP contribution < -0.4 is 0 Å². The molecule has 36 heavy (non-hydrogen) atoms. The third-order valence-electron chi connectivity index (χ3n) is 5.84. The summed E-state index contributed by atoms with van der Waals surface area (Å²) in [5.41, 5.74) is 0.925. The first-order valence-corrected chi connectivity index (χ1v) is 12.5. The van der Waals surface area contributed by atoms with E-state index in [1.165, 1.54) is 0 Å². The molecule has 8 nitrogen and oxygen atoms in total. The predicted molar refractivity (Wildman–Crippen MR) is 134 cm³/mol.